The Hall–Kier alpha value is -3.98. The molecule has 0 spiro atoms. The Kier molecular flexibility index (Phi) is 5.78. The van der Waals surface area contributed by atoms with Crippen molar-refractivity contribution in [2.75, 3.05) is 0 Å². The SMILES string of the molecule is C[CH]c1ccccc1C(=O)Oc1nc(OC(=O)c2ccccc2)ccc1C#N. The maximum absolute atomic E-state index is 12.5. The lowest BCUT2D eigenvalue weighted by atomic mass is 10.1. The Morgan fingerprint density at radius 3 is 2.36 bits per heavy atom. The molecular weight excluding hydrogens is 356 g/mol. The molecule has 1 heterocycles. The van der Waals surface area contributed by atoms with E-state index in [1.165, 1.54) is 12.1 Å². The van der Waals surface area contributed by atoms with Gasteiger partial charge in [-0.2, -0.15) is 10.2 Å². The van der Waals surface area contributed by atoms with E-state index in [4.69, 9.17) is 9.47 Å². The Morgan fingerprint density at radius 2 is 1.64 bits per heavy atom. The number of esters is 2. The van der Waals surface area contributed by atoms with Gasteiger partial charge in [-0.05, 0) is 36.2 Å². The average molecular weight is 371 g/mol. The summed E-state index contributed by atoms with van der Waals surface area (Å²) in [6, 6.07) is 19.9. The second-order valence-corrected chi connectivity index (χ2v) is 5.63. The molecule has 3 rings (SSSR count). The van der Waals surface area contributed by atoms with Crippen LogP contribution in [0.25, 0.3) is 0 Å². The summed E-state index contributed by atoms with van der Waals surface area (Å²) >= 11 is 0. The number of carbonyl (C=O) groups is 2. The van der Waals surface area contributed by atoms with E-state index < -0.39 is 11.9 Å². The number of carbonyl (C=O) groups excluding carboxylic acids is 2. The molecular formula is C22H15N2O4. The second-order valence-electron chi connectivity index (χ2n) is 5.63. The minimum Gasteiger partial charge on any atom is -0.404 e. The van der Waals surface area contributed by atoms with Crippen molar-refractivity contribution in [3.8, 4) is 17.8 Å². The minimum atomic E-state index is -0.663. The Balaban J connectivity index is 1.84. The molecule has 0 aliphatic carbocycles. The van der Waals surface area contributed by atoms with Gasteiger partial charge in [0.15, 0.2) is 0 Å². The van der Waals surface area contributed by atoms with Crippen molar-refractivity contribution in [1.82, 2.24) is 4.98 Å². The van der Waals surface area contributed by atoms with Crippen molar-refractivity contribution in [3.05, 3.63) is 95.4 Å². The summed E-state index contributed by atoms with van der Waals surface area (Å²) < 4.78 is 10.5. The smallest absolute Gasteiger partial charge is 0.345 e. The zero-order valence-electron chi connectivity index (χ0n) is 15.0. The van der Waals surface area contributed by atoms with Crippen LogP contribution in [0.5, 0.6) is 11.8 Å². The highest BCUT2D eigenvalue weighted by atomic mass is 16.6. The van der Waals surface area contributed by atoms with Gasteiger partial charge in [0, 0.05) is 6.07 Å². The van der Waals surface area contributed by atoms with Gasteiger partial charge in [-0.15, -0.1) is 0 Å². The highest BCUT2D eigenvalue weighted by molar-refractivity contribution is 5.93. The standard InChI is InChI=1S/C22H15N2O4/c1-2-15-8-6-7-11-18(15)22(26)28-20-17(14-23)12-13-19(24-20)27-21(25)16-9-4-3-5-10-16/h2-13H,1H3. The van der Waals surface area contributed by atoms with Crippen LogP contribution >= 0.6 is 0 Å². The number of hydrogen-bond acceptors (Lipinski definition) is 6. The van der Waals surface area contributed by atoms with E-state index in [-0.39, 0.29) is 17.3 Å². The maximum atomic E-state index is 12.5. The summed E-state index contributed by atoms with van der Waals surface area (Å²) in [6.07, 6.45) is 1.77. The molecule has 28 heavy (non-hydrogen) atoms. The number of hydrogen-bond donors (Lipinski definition) is 0. The fourth-order valence-corrected chi connectivity index (χ4v) is 2.45. The second kappa shape index (κ2) is 8.60. The number of rotatable bonds is 5. The minimum absolute atomic E-state index is 0.0471. The van der Waals surface area contributed by atoms with Crippen LogP contribution < -0.4 is 9.47 Å². The molecule has 0 unspecified atom stereocenters. The molecule has 6 heteroatoms. The number of aromatic nitrogens is 1. The highest BCUT2D eigenvalue weighted by Crippen LogP contribution is 2.22. The van der Waals surface area contributed by atoms with Crippen molar-refractivity contribution in [3.63, 3.8) is 0 Å². The topological polar surface area (TPSA) is 89.3 Å². The van der Waals surface area contributed by atoms with Crippen LogP contribution in [0.4, 0.5) is 0 Å². The molecule has 0 saturated carbocycles. The Morgan fingerprint density at radius 1 is 0.929 bits per heavy atom. The molecule has 0 fully saturated rings. The summed E-state index contributed by atoms with van der Waals surface area (Å²) in [4.78, 5) is 28.7. The maximum Gasteiger partial charge on any atom is 0.345 e. The third-order valence-electron chi connectivity index (χ3n) is 3.84. The number of nitrogens with zero attached hydrogens (tertiary/aromatic N) is 2. The van der Waals surface area contributed by atoms with Crippen molar-refractivity contribution in [2.24, 2.45) is 0 Å². The summed E-state index contributed by atoms with van der Waals surface area (Å²) in [5, 5.41) is 9.26. The summed E-state index contributed by atoms with van der Waals surface area (Å²) in [6.45, 7) is 1.80. The van der Waals surface area contributed by atoms with E-state index in [0.29, 0.717) is 16.7 Å². The third kappa shape index (κ3) is 4.22. The van der Waals surface area contributed by atoms with Gasteiger partial charge in [0.05, 0.1) is 11.1 Å². The number of pyridine rings is 1. The zero-order chi connectivity index (χ0) is 19.9. The fourth-order valence-electron chi connectivity index (χ4n) is 2.45. The first-order chi connectivity index (χ1) is 13.6. The van der Waals surface area contributed by atoms with Crippen molar-refractivity contribution >= 4 is 11.9 Å². The van der Waals surface area contributed by atoms with E-state index in [0.717, 1.165) is 0 Å². The van der Waals surface area contributed by atoms with E-state index in [2.05, 4.69) is 4.98 Å². The van der Waals surface area contributed by atoms with Crippen LogP contribution in [-0.4, -0.2) is 16.9 Å². The molecule has 1 aromatic heterocycles. The molecule has 137 valence electrons. The van der Waals surface area contributed by atoms with Crippen LogP contribution in [0.3, 0.4) is 0 Å². The lowest BCUT2D eigenvalue weighted by Crippen LogP contribution is -2.14. The van der Waals surface area contributed by atoms with Crippen molar-refractivity contribution < 1.29 is 19.1 Å². The molecule has 0 saturated heterocycles. The predicted octanol–water partition coefficient (Wildman–Crippen LogP) is 3.96. The zero-order valence-corrected chi connectivity index (χ0v) is 15.0. The lowest BCUT2D eigenvalue weighted by molar-refractivity contribution is 0.0717. The molecule has 0 bridgehead atoms. The van der Waals surface area contributed by atoms with Gasteiger partial charge in [0.25, 0.3) is 0 Å². The summed E-state index contributed by atoms with van der Waals surface area (Å²) in [7, 11) is 0. The van der Waals surface area contributed by atoms with Crippen molar-refractivity contribution in [1.29, 1.82) is 5.26 Å². The Bertz CT molecular complexity index is 1060. The van der Waals surface area contributed by atoms with E-state index in [9.17, 15) is 14.9 Å². The molecule has 1 radical (unpaired) electrons. The van der Waals surface area contributed by atoms with Crippen LogP contribution in [0.2, 0.25) is 0 Å². The van der Waals surface area contributed by atoms with Crippen molar-refractivity contribution in [2.45, 2.75) is 6.92 Å². The molecule has 2 aromatic carbocycles. The van der Waals surface area contributed by atoms with Crippen LogP contribution in [0.15, 0.2) is 66.7 Å². The largest absolute Gasteiger partial charge is 0.404 e. The first-order valence-corrected chi connectivity index (χ1v) is 8.41. The normalized spacial score (nSPS) is 10.0. The number of nitriles is 1. The molecule has 0 aliphatic heterocycles. The molecule has 0 N–H and O–H groups in total. The average Bonchev–Trinajstić information content (AvgIpc) is 2.74. The van der Waals surface area contributed by atoms with Gasteiger partial charge in [-0.1, -0.05) is 43.3 Å². The first-order valence-electron chi connectivity index (χ1n) is 8.41. The molecule has 3 aromatic rings. The highest BCUT2D eigenvalue weighted by Gasteiger charge is 2.18. The van der Waals surface area contributed by atoms with Gasteiger partial charge < -0.3 is 9.47 Å². The van der Waals surface area contributed by atoms with Crippen LogP contribution in [0, 0.1) is 17.8 Å². The Labute approximate surface area is 162 Å². The van der Waals surface area contributed by atoms with E-state index >= 15 is 0 Å². The van der Waals surface area contributed by atoms with E-state index in [1.807, 2.05) is 6.07 Å². The monoisotopic (exact) mass is 371 g/mol. The lowest BCUT2D eigenvalue weighted by Gasteiger charge is -2.09. The molecule has 0 amide bonds. The molecule has 6 nitrogen and oxygen atoms in total. The number of benzene rings is 2. The predicted molar refractivity (Wildman–Crippen MR) is 101 cm³/mol. The quantitative estimate of drug-likeness (QED) is 0.631. The van der Waals surface area contributed by atoms with Gasteiger partial charge >= 0.3 is 11.9 Å². The van der Waals surface area contributed by atoms with Crippen LogP contribution in [0.1, 0.15) is 38.8 Å². The molecule has 0 atom stereocenters. The fraction of sp³-hybridized carbons (Fsp3) is 0.0455. The molecule has 0 aliphatic rings. The summed E-state index contributed by atoms with van der Waals surface area (Å²) in [5.41, 5.74) is 1.42. The number of ether oxygens (including phenoxy) is 2. The van der Waals surface area contributed by atoms with Gasteiger partial charge in [0.1, 0.15) is 11.6 Å². The van der Waals surface area contributed by atoms with Gasteiger partial charge in [-0.25, -0.2) is 9.59 Å². The van der Waals surface area contributed by atoms with Gasteiger partial charge in [0.2, 0.25) is 11.8 Å². The van der Waals surface area contributed by atoms with Crippen LogP contribution in [-0.2, 0) is 0 Å². The van der Waals surface area contributed by atoms with E-state index in [1.54, 1.807) is 67.9 Å². The summed E-state index contributed by atoms with van der Waals surface area (Å²) in [5.74, 6) is -1.58. The third-order valence-corrected chi connectivity index (χ3v) is 3.84. The van der Waals surface area contributed by atoms with Gasteiger partial charge in [-0.3, -0.25) is 0 Å². The first kappa shape index (κ1) is 18.8.